The molecular formula is C14H13FN2O. The van der Waals surface area contributed by atoms with E-state index in [0.29, 0.717) is 17.5 Å². The number of anilines is 1. The lowest BCUT2D eigenvalue weighted by Crippen LogP contribution is -2.16. The lowest BCUT2D eigenvalue weighted by atomic mass is 10.1. The van der Waals surface area contributed by atoms with Gasteiger partial charge in [0.25, 0.3) is 0 Å². The number of carbonyl (C=O) groups excluding carboxylic acids is 1. The van der Waals surface area contributed by atoms with Gasteiger partial charge in [-0.3, -0.25) is 4.79 Å². The molecule has 2 atom stereocenters. The third kappa shape index (κ3) is 1.76. The van der Waals surface area contributed by atoms with E-state index < -0.39 is 5.82 Å². The highest BCUT2D eigenvalue weighted by molar-refractivity contribution is 5.95. The number of hydrogen-bond acceptors (Lipinski definition) is 2. The number of nitriles is 1. The van der Waals surface area contributed by atoms with Crippen LogP contribution in [-0.2, 0) is 4.79 Å². The maximum Gasteiger partial charge on any atom is 0.228 e. The average Bonchev–Trinajstić information content (AvgIpc) is 2.86. The van der Waals surface area contributed by atoms with E-state index in [4.69, 9.17) is 5.26 Å². The maximum atomic E-state index is 13.1. The quantitative estimate of drug-likeness (QED) is 0.869. The summed E-state index contributed by atoms with van der Waals surface area (Å²) in [5, 5.41) is 11.5. The fourth-order valence-corrected chi connectivity index (χ4v) is 3.12. The van der Waals surface area contributed by atoms with E-state index in [1.54, 1.807) is 6.07 Å². The molecule has 4 heteroatoms. The second kappa shape index (κ2) is 4.09. The summed E-state index contributed by atoms with van der Waals surface area (Å²) in [7, 11) is 0. The lowest BCUT2D eigenvalue weighted by molar-refractivity contribution is -0.118. The van der Waals surface area contributed by atoms with Crippen molar-refractivity contribution in [3.63, 3.8) is 0 Å². The molecule has 2 aliphatic carbocycles. The molecule has 0 bridgehead atoms. The number of benzene rings is 1. The molecule has 1 N–H and O–H groups in total. The first kappa shape index (κ1) is 11.2. The first-order valence-electron chi connectivity index (χ1n) is 6.21. The van der Waals surface area contributed by atoms with E-state index in [-0.39, 0.29) is 17.4 Å². The summed E-state index contributed by atoms with van der Waals surface area (Å²) >= 11 is 0. The number of halogens is 1. The fourth-order valence-electron chi connectivity index (χ4n) is 3.12. The maximum absolute atomic E-state index is 13.1. The van der Waals surface area contributed by atoms with Gasteiger partial charge in [-0.2, -0.15) is 5.26 Å². The molecule has 1 amide bonds. The minimum atomic E-state index is -0.557. The van der Waals surface area contributed by atoms with Gasteiger partial charge in [0.15, 0.2) is 0 Å². The monoisotopic (exact) mass is 244 g/mol. The summed E-state index contributed by atoms with van der Waals surface area (Å²) < 4.78 is 13.1. The highest BCUT2D eigenvalue weighted by Crippen LogP contribution is 2.57. The first-order chi connectivity index (χ1) is 8.70. The Labute approximate surface area is 105 Å². The third-order valence-electron chi connectivity index (χ3n) is 4.06. The number of amides is 1. The van der Waals surface area contributed by atoms with Gasteiger partial charge in [0.2, 0.25) is 5.91 Å². The molecule has 0 radical (unpaired) electrons. The van der Waals surface area contributed by atoms with Crippen molar-refractivity contribution in [2.75, 3.05) is 5.32 Å². The molecule has 3 rings (SSSR count). The molecule has 92 valence electrons. The van der Waals surface area contributed by atoms with Crippen molar-refractivity contribution in [1.29, 1.82) is 5.26 Å². The number of hydrogen-bond donors (Lipinski definition) is 1. The summed E-state index contributed by atoms with van der Waals surface area (Å²) in [6, 6.07) is 5.85. The largest absolute Gasteiger partial charge is 0.326 e. The molecule has 0 heterocycles. The number of carbonyl (C=O) groups is 1. The number of fused-ring (bicyclic) bond motifs is 1. The molecule has 2 aliphatic rings. The molecule has 0 saturated heterocycles. The van der Waals surface area contributed by atoms with Crippen LogP contribution in [0.15, 0.2) is 18.2 Å². The van der Waals surface area contributed by atoms with E-state index in [1.165, 1.54) is 24.6 Å². The van der Waals surface area contributed by atoms with Crippen LogP contribution in [0.25, 0.3) is 0 Å². The van der Waals surface area contributed by atoms with Crippen LogP contribution < -0.4 is 5.32 Å². The summed E-state index contributed by atoms with van der Waals surface area (Å²) in [4.78, 5) is 12.0. The Morgan fingerprint density at radius 1 is 1.39 bits per heavy atom. The molecule has 3 nitrogen and oxygen atoms in total. The van der Waals surface area contributed by atoms with Crippen LogP contribution >= 0.6 is 0 Å². The van der Waals surface area contributed by atoms with E-state index in [1.807, 2.05) is 0 Å². The van der Waals surface area contributed by atoms with Crippen molar-refractivity contribution in [2.24, 2.45) is 17.8 Å². The molecule has 0 aromatic heterocycles. The van der Waals surface area contributed by atoms with Crippen molar-refractivity contribution in [3.05, 3.63) is 29.6 Å². The zero-order valence-electron chi connectivity index (χ0n) is 9.82. The zero-order valence-corrected chi connectivity index (χ0v) is 9.82. The van der Waals surface area contributed by atoms with Gasteiger partial charge in [-0.15, -0.1) is 0 Å². The topological polar surface area (TPSA) is 52.9 Å². The van der Waals surface area contributed by atoms with Crippen molar-refractivity contribution in [1.82, 2.24) is 0 Å². The molecule has 2 fully saturated rings. The zero-order chi connectivity index (χ0) is 12.7. The van der Waals surface area contributed by atoms with Crippen molar-refractivity contribution < 1.29 is 9.18 Å². The van der Waals surface area contributed by atoms with E-state index in [9.17, 15) is 9.18 Å². The number of nitrogens with zero attached hydrogens (tertiary/aromatic N) is 1. The molecule has 2 saturated carbocycles. The Hall–Kier alpha value is -1.89. The van der Waals surface area contributed by atoms with Crippen LogP contribution in [0.3, 0.4) is 0 Å². The Kier molecular flexibility index (Phi) is 2.55. The van der Waals surface area contributed by atoms with Crippen molar-refractivity contribution >= 4 is 11.6 Å². The van der Waals surface area contributed by atoms with Crippen LogP contribution in [0.5, 0.6) is 0 Å². The Morgan fingerprint density at radius 2 is 2.11 bits per heavy atom. The van der Waals surface area contributed by atoms with Crippen molar-refractivity contribution in [2.45, 2.75) is 19.3 Å². The SMILES string of the molecule is N#Cc1cc(NC(=O)C2C3CCCC32)ccc1F. The minimum absolute atomic E-state index is 0.0141. The third-order valence-corrected chi connectivity index (χ3v) is 4.06. The number of nitrogens with one attached hydrogen (secondary N) is 1. The second-order valence-electron chi connectivity index (χ2n) is 5.08. The molecular weight excluding hydrogens is 231 g/mol. The first-order valence-corrected chi connectivity index (χ1v) is 6.21. The van der Waals surface area contributed by atoms with Gasteiger partial charge in [0.05, 0.1) is 5.56 Å². The summed E-state index contributed by atoms with van der Waals surface area (Å²) in [5.74, 6) is 0.704. The predicted molar refractivity (Wildman–Crippen MR) is 64.1 cm³/mol. The van der Waals surface area contributed by atoms with E-state index in [2.05, 4.69) is 5.32 Å². The molecule has 1 aromatic rings. The normalized spacial score (nSPS) is 28.3. The van der Waals surface area contributed by atoms with Crippen LogP contribution in [0.4, 0.5) is 10.1 Å². The van der Waals surface area contributed by atoms with Gasteiger partial charge < -0.3 is 5.32 Å². The van der Waals surface area contributed by atoms with Crippen molar-refractivity contribution in [3.8, 4) is 6.07 Å². The lowest BCUT2D eigenvalue weighted by Gasteiger charge is -2.07. The Balaban J connectivity index is 1.70. The van der Waals surface area contributed by atoms with Gasteiger partial charge >= 0.3 is 0 Å². The molecule has 0 aliphatic heterocycles. The predicted octanol–water partition coefficient (Wildman–Crippen LogP) is 2.68. The van der Waals surface area contributed by atoms with Crippen LogP contribution in [0.2, 0.25) is 0 Å². The van der Waals surface area contributed by atoms with Gasteiger partial charge in [-0.25, -0.2) is 4.39 Å². The summed E-state index contributed by atoms with van der Waals surface area (Å²) in [5.41, 5.74) is 0.465. The molecule has 18 heavy (non-hydrogen) atoms. The van der Waals surface area contributed by atoms with E-state index in [0.717, 1.165) is 12.8 Å². The molecule has 1 aromatic carbocycles. The fraction of sp³-hybridized carbons (Fsp3) is 0.429. The smallest absolute Gasteiger partial charge is 0.228 e. The van der Waals surface area contributed by atoms with Gasteiger partial charge in [-0.1, -0.05) is 6.42 Å². The second-order valence-corrected chi connectivity index (χ2v) is 5.08. The number of rotatable bonds is 2. The van der Waals surface area contributed by atoms with Crippen LogP contribution in [-0.4, -0.2) is 5.91 Å². The standard InChI is InChI=1S/C14H13FN2O/c15-12-5-4-9(6-8(12)7-16)17-14(18)13-10-2-1-3-11(10)13/h4-6,10-11,13H,1-3H2,(H,17,18). The van der Waals surface area contributed by atoms with Crippen LogP contribution in [0.1, 0.15) is 24.8 Å². The molecule has 0 spiro atoms. The summed E-state index contributed by atoms with van der Waals surface area (Å²) in [6.07, 6.45) is 3.53. The van der Waals surface area contributed by atoms with Gasteiger partial charge in [-0.05, 0) is 42.9 Å². The van der Waals surface area contributed by atoms with Crippen LogP contribution in [0, 0.1) is 34.9 Å². The van der Waals surface area contributed by atoms with E-state index >= 15 is 0 Å². The average molecular weight is 244 g/mol. The van der Waals surface area contributed by atoms with Gasteiger partial charge in [0.1, 0.15) is 11.9 Å². The molecule has 2 unspecified atom stereocenters. The highest BCUT2D eigenvalue weighted by atomic mass is 19.1. The Morgan fingerprint density at radius 3 is 2.78 bits per heavy atom. The summed E-state index contributed by atoms with van der Waals surface area (Å²) in [6.45, 7) is 0. The minimum Gasteiger partial charge on any atom is -0.326 e. The van der Waals surface area contributed by atoms with Gasteiger partial charge in [0, 0.05) is 11.6 Å². The highest BCUT2D eigenvalue weighted by Gasteiger charge is 2.56. The Bertz CT molecular complexity index is 539.